The Morgan fingerprint density at radius 3 is 2.14 bits per heavy atom. The molecule has 3 rings (SSSR count). The van der Waals surface area contributed by atoms with Gasteiger partial charge in [0, 0.05) is 25.2 Å². The first-order valence-corrected chi connectivity index (χ1v) is 12.5. The zero-order valence-electron chi connectivity index (χ0n) is 21.6. The maximum absolute atomic E-state index is 13.5. The summed E-state index contributed by atoms with van der Waals surface area (Å²) in [6, 6.07) is 11.5. The summed E-state index contributed by atoms with van der Waals surface area (Å²) >= 11 is 0. The molecule has 1 heterocycles. The highest BCUT2D eigenvalue weighted by Crippen LogP contribution is 2.40. The molecule has 190 valence electrons. The zero-order chi connectivity index (χ0) is 25.4. The van der Waals surface area contributed by atoms with E-state index in [1.807, 2.05) is 58.9 Å². The molecule has 1 unspecified atom stereocenters. The number of aryl methyl sites for hydroxylation is 1. The van der Waals surface area contributed by atoms with Gasteiger partial charge in [-0.25, -0.2) is 0 Å². The third-order valence-electron chi connectivity index (χ3n) is 6.26. The number of hydrogen-bond donors (Lipinski definition) is 1. The number of piperidine rings is 1. The number of likely N-dealkylation sites (tertiary alicyclic amines) is 1. The van der Waals surface area contributed by atoms with Gasteiger partial charge in [0.15, 0.2) is 11.5 Å². The Hall–Kier alpha value is -3.22. The highest BCUT2D eigenvalue weighted by molar-refractivity contribution is 5.96. The van der Waals surface area contributed by atoms with E-state index in [1.165, 1.54) is 5.56 Å². The third kappa shape index (κ3) is 6.47. The highest BCUT2D eigenvalue weighted by atomic mass is 16.5. The summed E-state index contributed by atoms with van der Waals surface area (Å²) in [4.78, 5) is 28.5. The van der Waals surface area contributed by atoms with Crippen molar-refractivity contribution in [3.8, 4) is 17.2 Å². The van der Waals surface area contributed by atoms with Crippen LogP contribution in [0, 0.1) is 12.3 Å². The number of rotatable bonds is 10. The second kappa shape index (κ2) is 12.0. The van der Waals surface area contributed by atoms with Crippen LogP contribution in [0.4, 0.5) is 0 Å². The molecule has 7 heteroatoms. The molecule has 7 nitrogen and oxygen atoms in total. The fourth-order valence-electron chi connectivity index (χ4n) is 4.39. The van der Waals surface area contributed by atoms with Gasteiger partial charge in [0.05, 0.1) is 25.2 Å². The van der Waals surface area contributed by atoms with Crippen LogP contribution >= 0.6 is 0 Å². The molecule has 1 fully saturated rings. The van der Waals surface area contributed by atoms with Crippen molar-refractivity contribution in [2.24, 2.45) is 5.41 Å². The van der Waals surface area contributed by atoms with Crippen molar-refractivity contribution in [2.75, 3.05) is 32.9 Å². The number of ether oxygens (including phenoxy) is 3. The normalized spacial score (nSPS) is 17.6. The van der Waals surface area contributed by atoms with E-state index in [0.717, 1.165) is 18.4 Å². The average molecular weight is 483 g/mol. The second-order valence-electron chi connectivity index (χ2n) is 9.16. The minimum absolute atomic E-state index is 0.0349. The number of nitrogens with zero attached hydrogens (tertiary/aromatic N) is 1. The number of benzene rings is 2. The molecule has 1 N–H and O–H groups in total. The smallest absolute Gasteiger partial charge is 0.254 e. The summed E-state index contributed by atoms with van der Waals surface area (Å²) in [6.07, 6.45) is 1.49. The van der Waals surface area contributed by atoms with Crippen molar-refractivity contribution in [3.05, 3.63) is 53.1 Å². The van der Waals surface area contributed by atoms with Gasteiger partial charge in [0.2, 0.25) is 11.7 Å². The predicted molar refractivity (Wildman–Crippen MR) is 136 cm³/mol. The molecule has 0 saturated carbocycles. The summed E-state index contributed by atoms with van der Waals surface area (Å²) in [5.41, 5.74) is 2.04. The van der Waals surface area contributed by atoms with E-state index in [4.69, 9.17) is 14.2 Å². The standard InChI is InChI=1S/C28H38N2O5/c1-6-33-23-16-22(17-24(34-7-2)25(23)35-8-3)26(31)30-15-9-14-28(5,19-30)27(32)29-18-21-12-10-20(4)11-13-21/h10-13,16-17H,6-9,14-15,18-19H2,1-5H3,(H,29,32). The number of carbonyl (C=O) groups excluding carboxylic acids is 2. The molecule has 2 amide bonds. The second-order valence-corrected chi connectivity index (χ2v) is 9.16. The minimum atomic E-state index is -0.657. The van der Waals surface area contributed by atoms with Crippen molar-refractivity contribution in [1.82, 2.24) is 10.2 Å². The van der Waals surface area contributed by atoms with Crippen LogP contribution in [-0.4, -0.2) is 49.6 Å². The molecule has 1 saturated heterocycles. The Kier molecular flexibility index (Phi) is 9.01. The van der Waals surface area contributed by atoms with Gasteiger partial charge in [-0.1, -0.05) is 29.8 Å². The predicted octanol–water partition coefficient (Wildman–Crippen LogP) is 4.75. The lowest BCUT2D eigenvalue weighted by molar-refractivity contribution is -0.132. The van der Waals surface area contributed by atoms with Crippen molar-refractivity contribution >= 4 is 11.8 Å². The highest BCUT2D eigenvalue weighted by Gasteiger charge is 2.39. The van der Waals surface area contributed by atoms with Crippen LogP contribution in [0.15, 0.2) is 36.4 Å². The van der Waals surface area contributed by atoms with E-state index in [2.05, 4.69) is 5.32 Å². The molecule has 0 aromatic heterocycles. The van der Waals surface area contributed by atoms with E-state index < -0.39 is 5.41 Å². The van der Waals surface area contributed by atoms with Gasteiger partial charge in [-0.2, -0.15) is 0 Å². The van der Waals surface area contributed by atoms with Crippen molar-refractivity contribution in [1.29, 1.82) is 0 Å². The van der Waals surface area contributed by atoms with Gasteiger partial charge in [0.1, 0.15) is 0 Å². The molecule has 1 aliphatic rings. The SMILES string of the molecule is CCOc1cc(C(=O)N2CCCC(C)(C(=O)NCc3ccc(C)cc3)C2)cc(OCC)c1OCC. The number of amides is 2. The molecule has 1 atom stereocenters. The monoisotopic (exact) mass is 482 g/mol. The molecule has 0 bridgehead atoms. The fraction of sp³-hybridized carbons (Fsp3) is 0.500. The van der Waals surface area contributed by atoms with Crippen molar-refractivity contribution < 1.29 is 23.8 Å². The van der Waals surface area contributed by atoms with Gasteiger partial charge in [-0.15, -0.1) is 0 Å². The zero-order valence-corrected chi connectivity index (χ0v) is 21.6. The van der Waals surface area contributed by atoms with Crippen molar-refractivity contribution in [3.63, 3.8) is 0 Å². The van der Waals surface area contributed by atoms with Crippen LogP contribution in [-0.2, 0) is 11.3 Å². The van der Waals surface area contributed by atoms with Crippen LogP contribution < -0.4 is 19.5 Å². The van der Waals surface area contributed by atoms with Crippen LogP contribution in [0.25, 0.3) is 0 Å². The molecule has 1 aliphatic heterocycles. The molecule has 2 aromatic rings. The van der Waals surface area contributed by atoms with Gasteiger partial charge in [-0.3, -0.25) is 9.59 Å². The fourth-order valence-corrected chi connectivity index (χ4v) is 4.39. The van der Waals surface area contributed by atoms with E-state index in [0.29, 0.717) is 62.3 Å². The first kappa shape index (κ1) is 26.4. The summed E-state index contributed by atoms with van der Waals surface area (Å²) < 4.78 is 17.3. The van der Waals surface area contributed by atoms with Gasteiger partial charge in [0.25, 0.3) is 5.91 Å². The number of carbonyl (C=O) groups is 2. The van der Waals surface area contributed by atoms with Gasteiger partial charge >= 0.3 is 0 Å². The molecule has 0 spiro atoms. The van der Waals surface area contributed by atoms with Crippen LogP contribution in [0.3, 0.4) is 0 Å². The van der Waals surface area contributed by atoms with Crippen LogP contribution in [0.2, 0.25) is 0 Å². The topological polar surface area (TPSA) is 77.1 Å². The van der Waals surface area contributed by atoms with Crippen LogP contribution in [0.5, 0.6) is 17.2 Å². The first-order valence-electron chi connectivity index (χ1n) is 12.5. The Labute approximate surface area is 208 Å². The molecule has 0 aliphatic carbocycles. The van der Waals surface area contributed by atoms with E-state index in [1.54, 1.807) is 17.0 Å². The van der Waals surface area contributed by atoms with Gasteiger partial charge in [-0.05, 0) is 65.2 Å². The third-order valence-corrected chi connectivity index (χ3v) is 6.26. The lowest BCUT2D eigenvalue weighted by Crippen LogP contribution is -2.51. The van der Waals surface area contributed by atoms with E-state index in [9.17, 15) is 9.59 Å². The largest absolute Gasteiger partial charge is 0.490 e. The molecule has 0 radical (unpaired) electrons. The maximum Gasteiger partial charge on any atom is 0.254 e. The average Bonchev–Trinajstić information content (AvgIpc) is 2.85. The quantitative estimate of drug-likeness (QED) is 0.529. The van der Waals surface area contributed by atoms with E-state index >= 15 is 0 Å². The Morgan fingerprint density at radius 2 is 1.57 bits per heavy atom. The Morgan fingerprint density at radius 1 is 0.971 bits per heavy atom. The Balaban J connectivity index is 1.77. The van der Waals surface area contributed by atoms with Crippen LogP contribution in [0.1, 0.15) is 62.0 Å². The summed E-state index contributed by atoms with van der Waals surface area (Å²) in [7, 11) is 0. The molecular formula is C28H38N2O5. The first-order chi connectivity index (χ1) is 16.8. The van der Waals surface area contributed by atoms with E-state index in [-0.39, 0.29) is 11.8 Å². The summed E-state index contributed by atoms with van der Waals surface area (Å²) in [5, 5.41) is 3.07. The lowest BCUT2D eigenvalue weighted by Gasteiger charge is -2.39. The molecule has 35 heavy (non-hydrogen) atoms. The Bertz CT molecular complexity index is 994. The maximum atomic E-state index is 13.5. The lowest BCUT2D eigenvalue weighted by atomic mass is 9.80. The number of nitrogens with one attached hydrogen (secondary N) is 1. The molecular weight excluding hydrogens is 444 g/mol. The summed E-state index contributed by atoms with van der Waals surface area (Å²) in [6.45, 7) is 12.4. The van der Waals surface area contributed by atoms with Gasteiger partial charge < -0.3 is 24.4 Å². The summed E-state index contributed by atoms with van der Waals surface area (Å²) in [5.74, 6) is 1.30. The molecule has 2 aromatic carbocycles. The number of hydrogen-bond acceptors (Lipinski definition) is 5. The van der Waals surface area contributed by atoms with Crippen molar-refractivity contribution in [2.45, 2.75) is 54.0 Å². The minimum Gasteiger partial charge on any atom is -0.490 e.